The highest BCUT2D eigenvalue weighted by Gasteiger charge is 2.19. The Bertz CT molecular complexity index is 915. The zero-order valence-electron chi connectivity index (χ0n) is 21.4. The summed E-state index contributed by atoms with van der Waals surface area (Å²) in [6.07, 6.45) is 3.95. The maximum atomic E-state index is 10.0. The molecule has 0 saturated heterocycles. The summed E-state index contributed by atoms with van der Waals surface area (Å²) in [5.41, 5.74) is 6.98. The van der Waals surface area contributed by atoms with Crippen LogP contribution in [0.5, 0.6) is 6.01 Å². The van der Waals surface area contributed by atoms with E-state index in [9.17, 15) is 5.11 Å². The zero-order chi connectivity index (χ0) is 24.4. The Morgan fingerprint density at radius 2 is 1.79 bits per heavy atom. The number of hydrogen-bond donors (Lipinski definition) is 2. The lowest BCUT2D eigenvalue weighted by molar-refractivity contribution is 0.0251. The number of rotatable bonds is 10. The van der Waals surface area contributed by atoms with Gasteiger partial charge in [0, 0.05) is 24.7 Å². The molecule has 2 aromatic rings. The first-order chi connectivity index (χ1) is 15.8. The fourth-order valence-corrected chi connectivity index (χ4v) is 3.62. The van der Waals surface area contributed by atoms with Crippen molar-refractivity contribution in [2.24, 2.45) is 5.10 Å². The van der Waals surface area contributed by atoms with Crippen molar-refractivity contribution in [1.29, 1.82) is 0 Å². The van der Waals surface area contributed by atoms with E-state index in [1.54, 1.807) is 13.8 Å². The molecule has 1 heterocycles. The molecule has 0 radical (unpaired) electrons. The average molecular weight is 456 g/mol. The lowest BCUT2D eigenvalue weighted by atomic mass is 10.1. The third kappa shape index (κ3) is 8.00. The highest BCUT2D eigenvalue weighted by molar-refractivity contribution is 6.04. The van der Waals surface area contributed by atoms with Crippen molar-refractivity contribution >= 4 is 17.3 Å². The van der Waals surface area contributed by atoms with E-state index in [0.29, 0.717) is 5.82 Å². The van der Waals surface area contributed by atoms with Crippen LogP contribution in [0.3, 0.4) is 0 Å². The predicted octanol–water partition coefficient (Wildman–Crippen LogP) is 5.35. The van der Waals surface area contributed by atoms with Gasteiger partial charge in [-0.3, -0.25) is 5.43 Å². The molecule has 1 aromatic heterocycles. The van der Waals surface area contributed by atoms with Crippen LogP contribution >= 0.6 is 0 Å². The molecule has 33 heavy (non-hydrogen) atoms. The van der Waals surface area contributed by atoms with Gasteiger partial charge in [0.2, 0.25) is 0 Å². The molecule has 1 aliphatic rings. The Labute approximate surface area is 199 Å². The number of anilines is 2. The van der Waals surface area contributed by atoms with Gasteiger partial charge in [-0.1, -0.05) is 45.4 Å². The van der Waals surface area contributed by atoms with E-state index in [1.807, 2.05) is 19.9 Å². The standard InChI is InChI=1S/C24H35N5O2.C2H6/c1-6-12-29(13-7-2)22-15-21(25-23(26-22)31-16-24(4,5)30)28-27-20-11-10-18-9-8-17(3)14-19(18)20;1-2/h8-9,14-15,30H,6-7,10-13,16H2,1-5H3,(H,25,26,28);1-2H3/b27-20+;. The van der Waals surface area contributed by atoms with Gasteiger partial charge in [0.1, 0.15) is 12.4 Å². The summed E-state index contributed by atoms with van der Waals surface area (Å²) >= 11 is 0. The number of ether oxygens (including phenoxy) is 1. The van der Waals surface area contributed by atoms with E-state index in [4.69, 9.17) is 4.74 Å². The van der Waals surface area contributed by atoms with E-state index in [-0.39, 0.29) is 12.6 Å². The molecule has 1 aromatic carbocycles. The molecule has 1 aliphatic carbocycles. The number of nitrogens with zero attached hydrogens (tertiary/aromatic N) is 4. The minimum absolute atomic E-state index is 0.110. The smallest absolute Gasteiger partial charge is 0.320 e. The van der Waals surface area contributed by atoms with Crippen molar-refractivity contribution < 1.29 is 9.84 Å². The molecule has 0 saturated carbocycles. The van der Waals surface area contributed by atoms with Crippen LogP contribution in [0.2, 0.25) is 0 Å². The minimum Gasteiger partial charge on any atom is -0.460 e. The lowest BCUT2D eigenvalue weighted by Crippen LogP contribution is -2.29. The van der Waals surface area contributed by atoms with Gasteiger partial charge in [0.25, 0.3) is 0 Å². The summed E-state index contributed by atoms with van der Waals surface area (Å²) in [6.45, 7) is 15.7. The molecule has 0 amide bonds. The van der Waals surface area contributed by atoms with E-state index in [2.05, 4.69) is 64.4 Å². The summed E-state index contributed by atoms with van der Waals surface area (Å²) in [5, 5.41) is 14.7. The molecule has 0 aliphatic heterocycles. The molecule has 0 bridgehead atoms. The molecule has 0 fully saturated rings. The molecule has 7 heteroatoms. The second-order valence-corrected chi connectivity index (χ2v) is 8.81. The Morgan fingerprint density at radius 3 is 2.42 bits per heavy atom. The monoisotopic (exact) mass is 455 g/mol. The van der Waals surface area contributed by atoms with Crippen LogP contribution in [0.15, 0.2) is 29.4 Å². The third-order valence-corrected chi connectivity index (χ3v) is 5.07. The van der Waals surface area contributed by atoms with Crippen LogP contribution in [0, 0.1) is 6.92 Å². The van der Waals surface area contributed by atoms with Gasteiger partial charge in [-0.05, 0) is 58.1 Å². The zero-order valence-corrected chi connectivity index (χ0v) is 21.4. The summed E-state index contributed by atoms with van der Waals surface area (Å²) in [5.74, 6) is 1.39. The first-order valence-electron chi connectivity index (χ1n) is 12.2. The van der Waals surface area contributed by atoms with Crippen LogP contribution < -0.4 is 15.1 Å². The number of aliphatic hydroxyl groups is 1. The van der Waals surface area contributed by atoms with Crippen LogP contribution in [0.1, 0.15) is 77.5 Å². The van der Waals surface area contributed by atoms with Crippen LogP contribution in [0.25, 0.3) is 0 Å². The topological polar surface area (TPSA) is 82.9 Å². The van der Waals surface area contributed by atoms with Gasteiger partial charge in [0.05, 0.1) is 11.3 Å². The van der Waals surface area contributed by atoms with Crippen molar-refractivity contribution in [2.45, 2.75) is 79.8 Å². The molecule has 0 spiro atoms. The van der Waals surface area contributed by atoms with Gasteiger partial charge < -0.3 is 14.7 Å². The van der Waals surface area contributed by atoms with Crippen LogP contribution in [0.4, 0.5) is 11.6 Å². The SMILES string of the molecule is CC.CCCN(CCC)c1cc(N/N=C2\CCc3ccc(C)cc32)nc(OCC(C)(C)O)n1. The summed E-state index contributed by atoms with van der Waals surface area (Å²) in [7, 11) is 0. The summed E-state index contributed by atoms with van der Waals surface area (Å²) in [6, 6.07) is 8.68. The lowest BCUT2D eigenvalue weighted by Gasteiger charge is -2.24. The Hall–Kier alpha value is -2.67. The van der Waals surface area contributed by atoms with Gasteiger partial charge in [-0.25, -0.2) is 0 Å². The molecule has 0 unspecified atom stereocenters. The van der Waals surface area contributed by atoms with Crippen molar-refractivity contribution in [3.05, 3.63) is 41.0 Å². The van der Waals surface area contributed by atoms with Gasteiger partial charge in [0.15, 0.2) is 5.82 Å². The quantitative estimate of drug-likeness (QED) is 0.470. The molecule has 0 atom stereocenters. The largest absolute Gasteiger partial charge is 0.460 e. The van der Waals surface area contributed by atoms with Gasteiger partial charge in [-0.15, -0.1) is 0 Å². The Kier molecular flexibility index (Phi) is 10.1. The number of hydrogen-bond acceptors (Lipinski definition) is 7. The first kappa shape index (κ1) is 26.6. The number of benzene rings is 1. The number of aromatic nitrogens is 2. The average Bonchev–Trinajstić information content (AvgIpc) is 3.19. The molecule has 2 N–H and O–H groups in total. The van der Waals surface area contributed by atoms with E-state index in [1.165, 1.54) is 16.7 Å². The van der Waals surface area contributed by atoms with Gasteiger partial charge >= 0.3 is 6.01 Å². The molecule has 7 nitrogen and oxygen atoms in total. The fourth-order valence-electron chi connectivity index (χ4n) is 3.62. The van der Waals surface area contributed by atoms with E-state index < -0.39 is 5.60 Å². The van der Waals surface area contributed by atoms with E-state index >= 15 is 0 Å². The minimum atomic E-state index is -0.967. The summed E-state index contributed by atoms with van der Waals surface area (Å²) < 4.78 is 5.71. The van der Waals surface area contributed by atoms with Crippen LogP contribution in [-0.4, -0.2) is 46.1 Å². The highest BCUT2D eigenvalue weighted by Crippen LogP contribution is 2.25. The predicted molar refractivity (Wildman–Crippen MR) is 138 cm³/mol. The highest BCUT2D eigenvalue weighted by atomic mass is 16.5. The summed E-state index contributed by atoms with van der Waals surface area (Å²) in [4.78, 5) is 11.3. The Morgan fingerprint density at radius 1 is 1.09 bits per heavy atom. The normalized spacial score (nSPS) is 13.9. The number of aryl methyl sites for hydroxylation is 2. The Balaban J connectivity index is 0.00000187. The van der Waals surface area contributed by atoms with Crippen molar-refractivity contribution in [3.63, 3.8) is 0 Å². The van der Waals surface area contributed by atoms with Gasteiger partial charge in [-0.2, -0.15) is 15.1 Å². The maximum absolute atomic E-state index is 10.0. The fraction of sp³-hybridized carbons (Fsp3) is 0.577. The van der Waals surface area contributed by atoms with Crippen molar-refractivity contribution in [2.75, 3.05) is 30.0 Å². The molecule has 3 rings (SSSR count). The number of hydrazone groups is 1. The van der Waals surface area contributed by atoms with Crippen molar-refractivity contribution in [3.8, 4) is 6.01 Å². The van der Waals surface area contributed by atoms with Crippen molar-refractivity contribution in [1.82, 2.24) is 9.97 Å². The number of fused-ring (bicyclic) bond motifs is 1. The number of nitrogens with one attached hydrogen (secondary N) is 1. The second-order valence-electron chi connectivity index (χ2n) is 8.81. The third-order valence-electron chi connectivity index (χ3n) is 5.07. The van der Waals surface area contributed by atoms with Crippen LogP contribution in [-0.2, 0) is 6.42 Å². The van der Waals surface area contributed by atoms with E-state index in [0.717, 1.165) is 50.3 Å². The second kappa shape index (κ2) is 12.5. The molecular weight excluding hydrogens is 414 g/mol. The maximum Gasteiger partial charge on any atom is 0.320 e. The first-order valence-corrected chi connectivity index (χ1v) is 12.2. The molecular formula is C26H41N5O2. The molecule has 182 valence electrons.